The van der Waals surface area contributed by atoms with Crippen LogP contribution in [0.25, 0.3) is 0 Å². The van der Waals surface area contributed by atoms with Crippen molar-refractivity contribution >= 4 is 29.9 Å². The molecule has 2 rings (SSSR count). The summed E-state index contributed by atoms with van der Waals surface area (Å²) in [5, 5.41) is 6.87. The van der Waals surface area contributed by atoms with Crippen molar-refractivity contribution in [3.05, 3.63) is 28.8 Å². The standard InChI is InChI=1S/C14H19ClN2O2.ClH/c1-10-7-11(15)4-5-13(10)19-9-14(18)17-8-12-3-2-6-16-12;/h4-5,7,12,16H,2-3,6,8-9H2,1H3,(H,17,18);1H. The van der Waals surface area contributed by atoms with Gasteiger partial charge < -0.3 is 15.4 Å². The molecule has 1 aliphatic rings. The number of ether oxygens (including phenoxy) is 1. The Bertz CT molecular complexity index is 449. The molecule has 1 heterocycles. The summed E-state index contributed by atoms with van der Waals surface area (Å²) in [6.45, 7) is 3.65. The second-order valence-electron chi connectivity index (χ2n) is 4.80. The Morgan fingerprint density at radius 2 is 2.35 bits per heavy atom. The Balaban J connectivity index is 0.00000200. The maximum Gasteiger partial charge on any atom is 0.257 e. The highest BCUT2D eigenvalue weighted by Gasteiger charge is 2.14. The lowest BCUT2D eigenvalue weighted by Crippen LogP contribution is -2.39. The molecule has 0 bridgehead atoms. The first-order chi connectivity index (χ1) is 9.15. The van der Waals surface area contributed by atoms with Gasteiger partial charge in [-0.2, -0.15) is 0 Å². The molecule has 1 unspecified atom stereocenters. The largest absolute Gasteiger partial charge is 0.484 e. The van der Waals surface area contributed by atoms with Gasteiger partial charge in [-0.3, -0.25) is 4.79 Å². The number of benzene rings is 1. The maximum absolute atomic E-state index is 11.7. The third kappa shape index (κ3) is 5.19. The normalized spacial score (nSPS) is 17.4. The van der Waals surface area contributed by atoms with Crippen LogP contribution < -0.4 is 15.4 Å². The van der Waals surface area contributed by atoms with Gasteiger partial charge >= 0.3 is 0 Å². The van der Waals surface area contributed by atoms with Crippen LogP contribution in [-0.4, -0.2) is 31.6 Å². The Kier molecular flexibility index (Phi) is 7.13. The highest BCUT2D eigenvalue weighted by molar-refractivity contribution is 6.30. The number of hydrogen-bond donors (Lipinski definition) is 2. The number of nitrogens with one attached hydrogen (secondary N) is 2. The van der Waals surface area contributed by atoms with Gasteiger partial charge in [0.05, 0.1) is 0 Å². The Labute approximate surface area is 130 Å². The second-order valence-corrected chi connectivity index (χ2v) is 5.23. The van der Waals surface area contributed by atoms with Crippen molar-refractivity contribution in [3.63, 3.8) is 0 Å². The van der Waals surface area contributed by atoms with Gasteiger partial charge in [0.25, 0.3) is 5.91 Å². The molecule has 2 N–H and O–H groups in total. The van der Waals surface area contributed by atoms with Crippen molar-refractivity contribution < 1.29 is 9.53 Å². The zero-order valence-electron chi connectivity index (χ0n) is 11.4. The predicted octanol–water partition coefficient (Wildman–Crippen LogP) is 2.32. The minimum atomic E-state index is -0.0944. The molecule has 0 aliphatic carbocycles. The summed E-state index contributed by atoms with van der Waals surface area (Å²) in [5.74, 6) is 0.599. The highest BCUT2D eigenvalue weighted by atomic mass is 35.5. The molecular weight excluding hydrogens is 299 g/mol. The van der Waals surface area contributed by atoms with Gasteiger partial charge in [0, 0.05) is 17.6 Å². The fraction of sp³-hybridized carbons (Fsp3) is 0.500. The third-order valence-corrected chi connectivity index (χ3v) is 3.44. The molecular formula is C14H20Cl2N2O2. The first-order valence-corrected chi connectivity index (χ1v) is 6.92. The average molecular weight is 319 g/mol. The number of amides is 1. The number of carbonyl (C=O) groups is 1. The van der Waals surface area contributed by atoms with Crippen LogP contribution >= 0.6 is 24.0 Å². The van der Waals surface area contributed by atoms with Gasteiger partial charge in [-0.1, -0.05) is 11.6 Å². The van der Waals surface area contributed by atoms with Crippen molar-refractivity contribution in [1.29, 1.82) is 0 Å². The van der Waals surface area contributed by atoms with Crippen LogP contribution in [0, 0.1) is 6.92 Å². The summed E-state index contributed by atoms with van der Waals surface area (Å²) in [7, 11) is 0. The molecule has 0 spiro atoms. The van der Waals surface area contributed by atoms with E-state index in [0.717, 1.165) is 18.5 Å². The van der Waals surface area contributed by atoms with Crippen molar-refractivity contribution in [1.82, 2.24) is 10.6 Å². The van der Waals surface area contributed by atoms with Crippen LogP contribution in [0.1, 0.15) is 18.4 Å². The van der Waals surface area contributed by atoms with E-state index >= 15 is 0 Å². The van der Waals surface area contributed by atoms with Crippen molar-refractivity contribution in [2.75, 3.05) is 19.7 Å². The van der Waals surface area contributed by atoms with Gasteiger partial charge in [-0.25, -0.2) is 0 Å². The Morgan fingerprint density at radius 3 is 3.00 bits per heavy atom. The van der Waals surface area contributed by atoms with Crippen molar-refractivity contribution in [3.8, 4) is 5.75 Å². The molecule has 1 amide bonds. The molecule has 1 atom stereocenters. The number of aryl methyl sites for hydroxylation is 1. The predicted molar refractivity (Wildman–Crippen MR) is 83.0 cm³/mol. The van der Waals surface area contributed by atoms with Crippen LogP contribution in [0.5, 0.6) is 5.75 Å². The molecule has 1 aromatic rings. The van der Waals surface area contributed by atoms with Crippen molar-refractivity contribution in [2.45, 2.75) is 25.8 Å². The van der Waals surface area contributed by atoms with Crippen LogP contribution in [0.4, 0.5) is 0 Å². The summed E-state index contributed by atoms with van der Waals surface area (Å²) in [4.78, 5) is 11.7. The minimum absolute atomic E-state index is 0. The Morgan fingerprint density at radius 1 is 1.55 bits per heavy atom. The molecule has 0 aromatic heterocycles. The monoisotopic (exact) mass is 318 g/mol. The summed E-state index contributed by atoms with van der Waals surface area (Å²) in [5.41, 5.74) is 0.928. The summed E-state index contributed by atoms with van der Waals surface area (Å²) in [6, 6.07) is 5.76. The van der Waals surface area contributed by atoms with E-state index in [1.807, 2.05) is 13.0 Å². The van der Waals surface area contributed by atoms with Gasteiger partial charge in [0.2, 0.25) is 0 Å². The molecule has 1 saturated heterocycles. The second kappa shape index (κ2) is 8.35. The molecule has 4 nitrogen and oxygen atoms in total. The lowest BCUT2D eigenvalue weighted by atomic mass is 10.2. The Hall–Kier alpha value is -0.970. The summed E-state index contributed by atoms with van der Waals surface area (Å²) >= 11 is 5.86. The van der Waals surface area contributed by atoms with Gasteiger partial charge in [-0.05, 0) is 50.1 Å². The topological polar surface area (TPSA) is 50.4 Å². The first-order valence-electron chi connectivity index (χ1n) is 6.54. The third-order valence-electron chi connectivity index (χ3n) is 3.20. The van der Waals surface area contributed by atoms with Crippen LogP contribution in [0.3, 0.4) is 0 Å². The van der Waals surface area contributed by atoms with Crippen LogP contribution in [0.15, 0.2) is 18.2 Å². The number of hydrogen-bond acceptors (Lipinski definition) is 3. The fourth-order valence-corrected chi connectivity index (χ4v) is 2.36. The van der Waals surface area contributed by atoms with E-state index in [-0.39, 0.29) is 24.9 Å². The average Bonchev–Trinajstić information content (AvgIpc) is 2.88. The quantitative estimate of drug-likeness (QED) is 0.876. The fourth-order valence-electron chi connectivity index (χ4n) is 2.14. The van der Waals surface area contributed by atoms with Crippen LogP contribution in [-0.2, 0) is 4.79 Å². The van der Waals surface area contributed by atoms with Gasteiger partial charge in [0.15, 0.2) is 6.61 Å². The molecule has 0 radical (unpaired) electrons. The molecule has 112 valence electrons. The smallest absolute Gasteiger partial charge is 0.257 e. The van der Waals surface area contributed by atoms with Gasteiger partial charge in [0.1, 0.15) is 5.75 Å². The lowest BCUT2D eigenvalue weighted by Gasteiger charge is -2.12. The molecule has 20 heavy (non-hydrogen) atoms. The summed E-state index contributed by atoms with van der Waals surface area (Å²) < 4.78 is 5.48. The molecule has 1 fully saturated rings. The van der Waals surface area contributed by atoms with E-state index in [1.54, 1.807) is 12.1 Å². The van der Waals surface area contributed by atoms with Crippen molar-refractivity contribution in [2.24, 2.45) is 0 Å². The highest BCUT2D eigenvalue weighted by Crippen LogP contribution is 2.21. The maximum atomic E-state index is 11.7. The molecule has 0 saturated carbocycles. The number of carbonyl (C=O) groups excluding carboxylic acids is 1. The molecule has 1 aliphatic heterocycles. The van der Waals surface area contributed by atoms with E-state index in [1.165, 1.54) is 6.42 Å². The van der Waals surface area contributed by atoms with E-state index in [9.17, 15) is 4.79 Å². The molecule has 1 aromatic carbocycles. The first kappa shape index (κ1) is 17.1. The zero-order chi connectivity index (χ0) is 13.7. The van der Waals surface area contributed by atoms with Gasteiger partial charge in [-0.15, -0.1) is 12.4 Å². The zero-order valence-corrected chi connectivity index (χ0v) is 13.0. The van der Waals surface area contributed by atoms with Crippen LogP contribution in [0.2, 0.25) is 5.02 Å². The van der Waals surface area contributed by atoms with E-state index in [0.29, 0.717) is 23.4 Å². The minimum Gasteiger partial charge on any atom is -0.484 e. The van der Waals surface area contributed by atoms with E-state index < -0.39 is 0 Å². The number of rotatable bonds is 5. The SMILES string of the molecule is Cc1cc(Cl)ccc1OCC(=O)NCC1CCCN1.Cl. The lowest BCUT2D eigenvalue weighted by molar-refractivity contribution is -0.123. The van der Waals surface area contributed by atoms with E-state index in [4.69, 9.17) is 16.3 Å². The number of halogens is 2. The van der Waals surface area contributed by atoms with E-state index in [2.05, 4.69) is 10.6 Å². The summed E-state index contributed by atoms with van der Waals surface area (Å²) in [6.07, 6.45) is 2.30. The molecule has 6 heteroatoms.